The van der Waals surface area contributed by atoms with Gasteiger partial charge in [-0.2, -0.15) is 5.10 Å². The molecule has 2 aromatic heterocycles. The highest BCUT2D eigenvalue weighted by Crippen LogP contribution is 2.53. The summed E-state index contributed by atoms with van der Waals surface area (Å²) in [7, 11) is 1.60. The zero-order valence-electron chi connectivity index (χ0n) is 24.2. The van der Waals surface area contributed by atoms with Gasteiger partial charge in [0.05, 0.1) is 11.3 Å². The van der Waals surface area contributed by atoms with Crippen molar-refractivity contribution in [3.8, 4) is 11.1 Å². The van der Waals surface area contributed by atoms with E-state index in [0.717, 1.165) is 48.9 Å². The van der Waals surface area contributed by atoms with E-state index in [9.17, 15) is 14.0 Å². The van der Waals surface area contributed by atoms with E-state index in [-0.39, 0.29) is 22.9 Å². The molecule has 9 heteroatoms. The number of rotatable bonds is 7. The maximum Gasteiger partial charge on any atom is 0.269 e. The van der Waals surface area contributed by atoms with E-state index in [1.54, 1.807) is 19.4 Å². The molecule has 3 aromatic rings. The Bertz CT molecular complexity index is 1580. The van der Waals surface area contributed by atoms with Gasteiger partial charge >= 0.3 is 0 Å². The van der Waals surface area contributed by atoms with E-state index >= 15 is 0 Å². The Balaban J connectivity index is 1.34. The lowest BCUT2D eigenvalue weighted by Crippen LogP contribution is -2.40. The summed E-state index contributed by atoms with van der Waals surface area (Å²) in [6.07, 6.45) is 11.2. The van der Waals surface area contributed by atoms with Crippen molar-refractivity contribution in [2.45, 2.75) is 63.9 Å². The maximum atomic E-state index is 13.8. The Hall–Kier alpha value is -4.11. The molecule has 1 atom stereocenters. The van der Waals surface area contributed by atoms with E-state index in [0.29, 0.717) is 41.3 Å². The average Bonchev–Trinajstić information content (AvgIpc) is 3.61. The number of aromatic amines is 1. The molecule has 3 N–H and O–H groups in total. The van der Waals surface area contributed by atoms with Gasteiger partial charge in [0, 0.05) is 54.6 Å². The standard InChI is InChI=1S/C33H36FN5O3/c1-32(2,42-3)19-36-31(41)29-28-24(12-11-23-10-9-21(18-35-23)20-7-6-8-22(34)15-20)27-25(37-30(28)39-38-29)16-33(17-26(27)40)13-4-5-14-33/h6-12,15,18,24H,4-5,13-14,16-17,19H2,1-3H3,(H,36,41)(H2,37,38,39). The molecule has 218 valence electrons. The number of fused-ring (bicyclic) bond motifs is 1. The summed E-state index contributed by atoms with van der Waals surface area (Å²) in [5, 5.41) is 13.8. The van der Waals surface area contributed by atoms with Gasteiger partial charge in [-0.25, -0.2) is 4.39 Å². The minimum Gasteiger partial charge on any atom is -0.377 e. The van der Waals surface area contributed by atoms with Crippen molar-refractivity contribution in [3.05, 3.63) is 82.7 Å². The summed E-state index contributed by atoms with van der Waals surface area (Å²) < 4.78 is 19.2. The first-order chi connectivity index (χ1) is 20.2. The van der Waals surface area contributed by atoms with Gasteiger partial charge < -0.3 is 15.4 Å². The number of Topliss-reactive ketones (excluding diaryl/α,β-unsaturated/α-hetero) is 1. The number of H-pyrrole nitrogens is 1. The molecule has 3 aliphatic rings. The number of pyridine rings is 1. The van der Waals surface area contributed by atoms with Crippen LogP contribution in [0.25, 0.3) is 17.2 Å². The van der Waals surface area contributed by atoms with Crippen LogP contribution in [0.1, 0.15) is 80.0 Å². The first-order valence-electron chi connectivity index (χ1n) is 14.5. The van der Waals surface area contributed by atoms with Crippen LogP contribution in [0.15, 0.2) is 59.9 Å². The summed E-state index contributed by atoms with van der Waals surface area (Å²) in [6.45, 7) is 4.10. The lowest BCUT2D eigenvalue weighted by molar-refractivity contribution is -0.118. The van der Waals surface area contributed by atoms with Crippen LogP contribution >= 0.6 is 0 Å². The number of methoxy groups -OCH3 is 1. The Morgan fingerprint density at radius 1 is 1.19 bits per heavy atom. The van der Waals surface area contributed by atoms with E-state index < -0.39 is 11.5 Å². The minimum atomic E-state index is -0.540. The Kier molecular flexibility index (Phi) is 7.30. The van der Waals surface area contributed by atoms with Crippen molar-refractivity contribution in [2.75, 3.05) is 19.0 Å². The van der Waals surface area contributed by atoms with Gasteiger partial charge in [-0.3, -0.25) is 19.7 Å². The van der Waals surface area contributed by atoms with Crippen molar-refractivity contribution >= 4 is 23.6 Å². The fourth-order valence-corrected chi connectivity index (χ4v) is 6.48. The average molecular weight is 570 g/mol. The van der Waals surface area contributed by atoms with Crippen LogP contribution in [-0.2, 0) is 9.53 Å². The van der Waals surface area contributed by atoms with Crippen molar-refractivity contribution in [3.63, 3.8) is 0 Å². The number of carbonyl (C=O) groups is 2. The molecule has 42 heavy (non-hydrogen) atoms. The maximum absolute atomic E-state index is 13.8. The Morgan fingerprint density at radius 2 is 2.00 bits per heavy atom. The predicted molar refractivity (Wildman–Crippen MR) is 159 cm³/mol. The number of nitrogens with one attached hydrogen (secondary N) is 3. The molecule has 0 radical (unpaired) electrons. The lowest BCUT2D eigenvalue weighted by atomic mass is 9.67. The summed E-state index contributed by atoms with van der Waals surface area (Å²) in [4.78, 5) is 31.8. The first kappa shape index (κ1) is 28.0. The molecule has 1 fully saturated rings. The van der Waals surface area contributed by atoms with Crippen molar-refractivity contribution in [1.29, 1.82) is 0 Å². The molecule has 0 saturated heterocycles. The van der Waals surface area contributed by atoms with E-state index in [1.165, 1.54) is 12.1 Å². The number of allylic oxidation sites excluding steroid dienone is 3. The van der Waals surface area contributed by atoms with Crippen LogP contribution in [0.4, 0.5) is 10.2 Å². The van der Waals surface area contributed by atoms with Gasteiger partial charge in [0.2, 0.25) is 0 Å². The van der Waals surface area contributed by atoms with Crippen molar-refractivity contribution in [1.82, 2.24) is 20.5 Å². The summed E-state index contributed by atoms with van der Waals surface area (Å²) >= 11 is 0. The van der Waals surface area contributed by atoms with Crippen LogP contribution in [-0.4, -0.2) is 46.1 Å². The van der Waals surface area contributed by atoms with Gasteiger partial charge in [0.1, 0.15) is 11.5 Å². The first-order valence-corrected chi connectivity index (χ1v) is 14.5. The number of ketones is 1. The van der Waals surface area contributed by atoms with Gasteiger partial charge in [0.25, 0.3) is 5.91 Å². The molecule has 8 nitrogen and oxygen atoms in total. The minimum absolute atomic E-state index is 0.00519. The number of nitrogens with zero attached hydrogens (tertiary/aromatic N) is 2. The lowest BCUT2D eigenvalue weighted by Gasteiger charge is -2.39. The summed E-state index contributed by atoms with van der Waals surface area (Å²) in [6, 6.07) is 10.1. The Labute approximate surface area is 244 Å². The third-order valence-electron chi connectivity index (χ3n) is 8.93. The van der Waals surface area contributed by atoms with Crippen molar-refractivity contribution < 1.29 is 18.7 Å². The van der Waals surface area contributed by atoms with Gasteiger partial charge in [-0.1, -0.05) is 37.1 Å². The second-order valence-corrected chi connectivity index (χ2v) is 12.3. The number of benzene rings is 1. The fourth-order valence-electron chi connectivity index (χ4n) is 6.48. The second-order valence-electron chi connectivity index (χ2n) is 12.3. The van der Waals surface area contributed by atoms with E-state index in [4.69, 9.17) is 4.74 Å². The zero-order chi connectivity index (χ0) is 29.5. The SMILES string of the molecule is COC(C)(C)CNC(=O)c1[nH]nc2c1C(C=Cc1ccc(-c3cccc(F)c3)cn1)C1=C(CC3(CCCC3)CC1=O)N2. The van der Waals surface area contributed by atoms with E-state index in [2.05, 4.69) is 25.8 Å². The molecular weight excluding hydrogens is 533 g/mol. The number of hydrogen-bond acceptors (Lipinski definition) is 6. The quantitative estimate of drug-likeness (QED) is 0.314. The number of halogens is 1. The van der Waals surface area contributed by atoms with Gasteiger partial charge in [-0.15, -0.1) is 0 Å². The molecule has 1 aromatic carbocycles. The molecule has 3 heterocycles. The number of aromatic nitrogens is 3. The number of ether oxygens (including phenoxy) is 1. The molecule has 1 amide bonds. The number of amides is 1. The van der Waals surface area contributed by atoms with Crippen LogP contribution in [0.2, 0.25) is 0 Å². The molecule has 1 unspecified atom stereocenters. The fraction of sp³-hybridized carbons (Fsp3) is 0.394. The van der Waals surface area contributed by atoms with Gasteiger partial charge in [0.15, 0.2) is 11.6 Å². The second kappa shape index (κ2) is 10.9. The molecule has 1 spiro atoms. The highest BCUT2D eigenvalue weighted by Gasteiger charge is 2.46. The molecule has 0 bridgehead atoms. The number of anilines is 1. The van der Waals surface area contributed by atoms with Crippen LogP contribution < -0.4 is 10.6 Å². The van der Waals surface area contributed by atoms with Crippen LogP contribution in [0.3, 0.4) is 0 Å². The molecule has 1 saturated carbocycles. The number of hydrogen-bond donors (Lipinski definition) is 3. The summed E-state index contributed by atoms with van der Waals surface area (Å²) in [5.41, 5.74) is 4.26. The summed E-state index contributed by atoms with van der Waals surface area (Å²) in [5.74, 6) is -0.400. The normalized spacial score (nSPS) is 19.6. The van der Waals surface area contributed by atoms with Crippen LogP contribution in [0, 0.1) is 11.2 Å². The Morgan fingerprint density at radius 3 is 2.71 bits per heavy atom. The number of carbonyl (C=O) groups excluding carboxylic acids is 2. The largest absolute Gasteiger partial charge is 0.377 e. The van der Waals surface area contributed by atoms with Crippen LogP contribution in [0.5, 0.6) is 0 Å². The topological polar surface area (TPSA) is 109 Å². The third kappa shape index (κ3) is 5.41. The van der Waals surface area contributed by atoms with E-state index in [1.807, 2.05) is 44.2 Å². The zero-order valence-corrected chi connectivity index (χ0v) is 24.2. The molecule has 1 aliphatic heterocycles. The molecule has 2 aliphatic carbocycles. The van der Waals surface area contributed by atoms with Crippen molar-refractivity contribution in [2.24, 2.45) is 5.41 Å². The predicted octanol–water partition coefficient (Wildman–Crippen LogP) is 6.17. The molecule has 6 rings (SSSR count). The highest BCUT2D eigenvalue weighted by molar-refractivity contribution is 6.03. The monoisotopic (exact) mass is 569 g/mol. The van der Waals surface area contributed by atoms with Gasteiger partial charge in [-0.05, 0) is 68.4 Å². The third-order valence-corrected chi connectivity index (χ3v) is 8.93. The molecular formula is C33H36FN5O3. The highest BCUT2D eigenvalue weighted by atomic mass is 19.1. The smallest absolute Gasteiger partial charge is 0.269 e.